The van der Waals surface area contributed by atoms with E-state index in [-0.39, 0.29) is 5.91 Å². The molecule has 1 amide bonds. The molecule has 3 aromatic rings. The van der Waals surface area contributed by atoms with Crippen LogP contribution in [0.4, 0.5) is 5.69 Å². The van der Waals surface area contributed by atoms with Crippen molar-refractivity contribution in [3.05, 3.63) is 76.8 Å². The minimum Gasteiger partial charge on any atom is -0.493 e. The molecule has 0 atom stereocenters. The summed E-state index contributed by atoms with van der Waals surface area (Å²) in [5.74, 6) is 0.733. The van der Waals surface area contributed by atoms with Crippen molar-refractivity contribution in [1.29, 1.82) is 5.26 Å². The highest BCUT2D eigenvalue weighted by Crippen LogP contribution is 2.36. The van der Waals surface area contributed by atoms with Gasteiger partial charge in [-0.1, -0.05) is 29.8 Å². The predicted molar refractivity (Wildman–Crippen MR) is 123 cm³/mol. The Balaban J connectivity index is 2.00. The number of nitriles is 1. The van der Waals surface area contributed by atoms with Crippen molar-refractivity contribution in [3.63, 3.8) is 0 Å². The number of hydrogen-bond acceptors (Lipinski definition) is 4. The molecule has 31 heavy (non-hydrogen) atoms. The van der Waals surface area contributed by atoms with Crippen LogP contribution in [0.2, 0.25) is 5.02 Å². The minimum atomic E-state index is -0.719. The molecule has 158 valence electrons. The topological polar surface area (TPSA) is 71.3 Å². The molecular weight excluding hydrogens is 412 g/mol. The van der Waals surface area contributed by atoms with Gasteiger partial charge in [-0.05, 0) is 73.0 Å². The molecule has 0 aromatic heterocycles. The van der Waals surface area contributed by atoms with Gasteiger partial charge in [-0.15, -0.1) is 0 Å². The fourth-order valence-corrected chi connectivity index (χ4v) is 3.49. The van der Waals surface area contributed by atoms with Crippen LogP contribution in [0.25, 0.3) is 11.1 Å². The largest absolute Gasteiger partial charge is 0.493 e. The fraction of sp³-hybridized carbons (Fsp3) is 0.200. The van der Waals surface area contributed by atoms with Gasteiger partial charge in [0.05, 0.1) is 25.7 Å². The van der Waals surface area contributed by atoms with Gasteiger partial charge in [0.1, 0.15) is 0 Å². The van der Waals surface area contributed by atoms with Gasteiger partial charge in [-0.25, -0.2) is 0 Å². The lowest BCUT2D eigenvalue weighted by molar-refractivity contribution is 0.102. The lowest BCUT2D eigenvalue weighted by Crippen LogP contribution is -2.17. The number of nitrogens with one attached hydrogen (secondary N) is 1. The summed E-state index contributed by atoms with van der Waals surface area (Å²) in [7, 11) is 3.06. The van der Waals surface area contributed by atoms with Gasteiger partial charge in [0.25, 0.3) is 5.91 Å². The van der Waals surface area contributed by atoms with Gasteiger partial charge in [-0.3, -0.25) is 4.79 Å². The van der Waals surface area contributed by atoms with Crippen molar-refractivity contribution in [2.24, 2.45) is 0 Å². The van der Waals surface area contributed by atoms with Crippen LogP contribution in [-0.2, 0) is 5.41 Å². The maximum atomic E-state index is 12.8. The van der Waals surface area contributed by atoms with E-state index in [2.05, 4.69) is 11.4 Å². The van der Waals surface area contributed by atoms with Crippen molar-refractivity contribution >= 4 is 23.2 Å². The van der Waals surface area contributed by atoms with Crippen LogP contribution in [-0.4, -0.2) is 20.1 Å². The van der Waals surface area contributed by atoms with Gasteiger partial charge in [0, 0.05) is 16.3 Å². The Labute approximate surface area is 187 Å². The van der Waals surface area contributed by atoms with E-state index in [1.807, 2.05) is 44.2 Å². The Bertz CT molecular complexity index is 1170. The fourth-order valence-electron chi connectivity index (χ4n) is 3.30. The third kappa shape index (κ3) is 4.82. The van der Waals surface area contributed by atoms with E-state index in [1.54, 1.807) is 37.4 Å². The summed E-state index contributed by atoms with van der Waals surface area (Å²) in [4.78, 5) is 12.8. The first-order valence-corrected chi connectivity index (χ1v) is 10.0. The predicted octanol–water partition coefficient (Wildman–Crippen LogP) is 6.08. The zero-order chi connectivity index (χ0) is 22.6. The number of nitrogens with zero attached hydrogens (tertiary/aromatic N) is 1. The molecule has 3 rings (SSSR count). The van der Waals surface area contributed by atoms with E-state index in [0.29, 0.717) is 27.8 Å². The van der Waals surface area contributed by atoms with Crippen LogP contribution >= 0.6 is 11.6 Å². The van der Waals surface area contributed by atoms with Gasteiger partial charge in [-0.2, -0.15) is 5.26 Å². The van der Waals surface area contributed by atoms with Gasteiger partial charge in [0.2, 0.25) is 0 Å². The van der Waals surface area contributed by atoms with Crippen LogP contribution in [0.5, 0.6) is 11.5 Å². The third-order valence-corrected chi connectivity index (χ3v) is 5.25. The Morgan fingerprint density at radius 1 is 1.00 bits per heavy atom. The summed E-state index contributed by atoms with van der Waals surface area (Å²) in [6.07, 6.45) is 0. The van der Waals surface area contributed by atoms with Gasteiger partial charge >= 0.3 is 0 Å². The molecule has 1 N–H and O–H groups in total. The van der Waals surface area contributed by atoms with E-state index >= 15 is 0 Å². The summed E-state index contributed by atoms with van der Waals surface area (Å²) < 4.78 is 10.5. The second kappa shape index (κ2) is 9.11. The highest BCUT2D eigenvalue weighted by atomic mass is 35.5. The summed E-state index contributed by atoms with van der Waals surface area (Å²) in [5, 5.41) is 13.2. The maximum Gasteiger partial charge on any atom is 0.255 e. The smallest absolute Gasteiger partial charge is 0.255 e. The first-order chi connectivity index (χ1) is 14.8. The van der Waals surface area contributed by atoms with Crippen molar-refractivity contribution < 1.29 is 14.3 Å². The SMILES string of the molecule is COc1ccc(C(=O)Nc2ccc(C(C)(C)C#N)c(-c3cccc(Cl)c3)c2)cc1OC. The summed E-state index contributed by atoms with van der Waals surface area (Å²) >= 11 is 6.20. The molecule has 0 fully saturated rings. The number of anilines is 1. The number of halogens is 1. The summed E-state index contributed by atoms with van der Waals surface area (Å²) in [6.45, 7) is 3.72. The normalized spacial score (nSPS) is 10.8. The number of carbonyl (C=O) groups excluding carboxylic acids is 1. The number of carbonyl (C=O) groups is 1. The molecule has 0 spiro atoms. The lowest BCUT2D eigenvalue weighted by Gasteiger charge is -2.22. The van der Waals surface area contributed by atoms with Crippen LogP contribution in [0.3, 0.4) is 0 Å². The number of hydrogen-bond donors (Lipinski definition) is 1. The second-order valence-corrected chi connectivity index (χ2v) is 7.97. The molecular formula is C25H23ClN2O3. The van der Waals surface area contributed by atoms with Crippen molar-refractivity contribution in [3.8, 4) is 28.7 Å². The third-order valence-electron chi connectivity index (χ3n) is 5.01. The van der Waals surface area contributed by atoms with Crippen LogP contribution in [0, 0.1) is 11.3 Å². The lowest BCUT2D eigenvalue weighted by atomic mass is 9.81. The number of rotatable bonds is 6. The molecule has 0 saturated heterocycles. The maximum absolute atomic E-state index is 12.8. The van der Waals surface area contributed by atoms with Crippen molar-refractivity contribution in [1.82, 2.24) is 0 Å². The first-order valence-electron chi connectivity index (χ1n) is 9.64. The molecule has 5 nitrogen and oxygen atoms in total. The Morgan fingerprint density at radius 2 is 1.74 bits per heavy atom. The number of benzene rings is 3. The summed E-state index contributed by atoms with van der Waals surface area (Å²) in [6, 6.07) is 20.3. The molecule has 0 saturated carbocycles. The zero-order valence-electron chi connectivity index (χ0n) is 17.8. The molecule has 0 bridgehead atoms. The van der Waals surface area contributed by atoms with Crippen molar-refractivity contribution in [2.75, 3.05) is 19.5 Å². The highest BCUT2D eigenvalue weighted by Gasteiger charge is 2.24. The van der Waals surface area contributed by atoms with Crippen LogP contribution < -0.4 is 14.8 Å². The molecule has 0 aliphatic carbocycles. The standard InChI is InChI=1S/C25H23ClN2O3/c1-25(2,15-27)21-10-9-19(14-20(21)16-6-5-7-18(26)12-16)28-24(29)17-8-11-22(30-3)23(13-17)31-4/h5-14H,1-4H3,(H,28,29). The quantitative estimate of drug-likeness (QED) is 0.510. The summed E-state index contributed by atoms with van der Waals surface area (Å²) in [5.41, 5.74) is 2.87. The molecule has 0 aliphatic rings. The second-order valence-electron chi connectivity index (χ2n) is 7.53. The Hall–Kier alpha value is -3.49. The molecule has 0 heterocycles. The van der Waals surface area contributed by atoms with E-state index in [1.165, 1.54) is 7.11 Å². The Kier molecular flexibility index (Phi) is 6.53. The minimum absolute atomic E-state index is 0.287. The van der Waals surface area contributed by atoms with Crippen LogP contribution in [0.15, 0.2) is 60.7 Å². The molecule has 0 radical (unpaired) electrons. The molecule has 0 unspecified atom stereocenters. The van der Waals surface area contributed by atoms with E-state index in [0.717, 1.165) is 16.7 Å². The average Bonchev–Trinajstić information content (AvgIpc) is 2.78. The Morgan fingerprint density at radius 3 is 2.39 bits per heavy atom. The highest BCUT2D eigenvalue weighted by molar-refractivity contribution is 6.30. The van der Waals surface area contributed by atoms with Gasteiger partial charge in [0.15, 0.2) is 11.5 Å². The van der Waals surface area contributed by atoms with Gasteiger partial charge < -0.3 is 14.8 Å². The average molecular weight is 435 g/mol. The number of amides is 1. The van der Waals surface area contributed by atoms with E-state index in [9.17, 15) is 10.1 Å². The van der Waals surface area contributed by atoms with E-state index < -0.39 is 5.41 Å². The number of ether oxygens (including phenoxy) is 2. The molecule has 6 heteroatoms. The van der Waals surface area contributed by atoms with Crippen molar-refractivity contribution in [2.45, 2.75) is 19.3 Å². The van der Waals surface area contributed by atoms with E-state index in [4.69, 9.17) is 21.1 Å². The zero-order valence-corrected chi connectivity index (χ0v) is 18.6. The number of methoxy groups -OCH3 is 2. The first kappa shape index (κ1) is 22.2. The molecule has 0 aliphatic heterocycles. The monoisotopic (exact) mass is 434 g/mol. The van der Waals surface area contributed by atoms with Crippen LogP contribution in [0.1, 0.15) is 29.8 Å². The molecule has 3 aromatic carbocycles.